The average molecular weight is 325 g/mol. The number of alkyl halides is 3. The van der Waals surface area contributed by atoms with Crippen LogP contribution in [0.25, 0.3) is 10.9 Å². The van der Waals surface area contributed by atoms with Gasteiger partial charge in [0.1, 0.15) is 5.82 Å². The zero-order chi connectivity index (χ0) is 16.8. The summed E-state index contributed by atoms with van der Waals surface area (Å²) in [6, 6.07) is 3.47. The molecule has 0 saturated heterocycles. The van der Waals surface area contributed by atoms with Gasteiger partial charge in [-0.2, -0.15) is 18.3 Å². The highest BCUT2D eigenvalue weighted by atomic mass is 19.4. The Bertz CT molecular complexity index is 865. The van der Waals surface area contributed by atoms with Gasteiger partial charge in [0.2, 0.25) is 0 Å². The van der Waals surface area contributed by atoms with E-state index < -0.39 is 29.4 Å². The first kappa shape index (κ1) is 15.3. The molecule has 0 aliphatic rings. The Hall–Kier alpha value is -2.64. The summed E-state index contributed by atoms with van der Waals surface area (Å²) in [6.45, 7) is 1.72. The quantitative estimate of drug-likeness (QED) is 0.587. The summed E-state index contributed by atoms with van der Waals surface area (Å²) >= 11 is 0. The number of fused-ring (bicyclic) bond motifs is 1. The Morgan fingerprint density at radius 1 is 1.35 bits per heavy atom. The standard InChI is InChI=1S/C15H11F4N3O/c1-8(9-5-20-21-6-9)22-7-10(14(23)15(17,18)19)13-11(16)3-2-4-12(13)22/h2-8H,1H3,(H,20,21). The number of ketones is 1. The molecule has 0 radical (unpaired) electrons. The van der Waals surface area contributed by atoms with Crippen LogP contribution in [0.1, 0.15) is 28.9 Å². The van der Waals surface area contributed by atoms with Crippen molar-refractivity contribution < 1.29 is 22.4 Å². The van der Waals surface area contributed by atoms with Gasteiger partial charge in [-0.1, -0.05) is 6.07 Å². The Morgan fingerprint density at radius 3 is 2.70 bits per heavy atom. The molecule has 0 aliphatic heterocycles. The number of carbonyl (C=O) groups is 1. The SMILES string of the molecule is CC(c1cn[nH]c1)n1cc(C(=O)C(F)(F)F)c2c(F)cccc21. The largest absolute Gasteiger partial charge is 0.454 e. The molecule has 2 heterocycles. The third kappa shape index (κ3) is 2.49. The number of nitrogens with one attached hydrogen (secondary N) is 1. The highest BCUT2D eigenvalue weighted by Gasteiger charge is 2.41. The fraction of sp³-hybridized carbons (Fsp3) is 0.200. The second-order valence-corrected chi connectivity index (χ2v) is 5.12. The molecule has 2 aromatic heterocycles. The second kappa shape index (κ2) is 5.22. The maximum absolute atomic E-state index is 14.1. The monoisotopic (exact) mass is 325 g/mol. The van der Waals surface area contributed by atoms with Crippen molar-refractivity contribution in [2.24, 2.45) is 0 Å². The van der Waals surface area contributed by atoms with Crippen molar-refractivity contribution in [1.82, 2.24) is 14.8 Å². The van der Waals surface area contributed by atoms with E-state index in [0.717, 1.165) is 12.3 Å². The van der Waals surface area contributed by atoms with Crippen molar-refractivity contribution in [2.45, 2.75) is 19.1 Å². The maximum atomic E-state index is 14.1. The number of rotatable bonds is 3. The van der Waals surface area contributed by atoms with Crippen molar-refractivity contribution in [3.63, 3.8) is 0 Å². The van der Waals surface area contributed by atoms with Crippen LogP contribution in [0.3, 0.4) is 0 Å². The number of aromatic nitrogens is 3. The van der Waals surface area contributed by atoms with E-state index in [1.807, 2.05) is 0 Å². The normalized spacial score (nSPS) is 13.4. The number of benzene rings is 1. The van der Waals surface area contributed by atoms with Crippen LogP contribution >= 0.6 is 0 Å². The van der Waals surface area contributed by atoms with Crippen molar-refractivity contribution in [1.29, 1.82) is 0 Å². The third-order valence-electron chi connectivity index (χ3n) is 3.73. The Morgan fingerprint density at radius 2 is 2.09 bits per heavy atom. The molecule has 120 valence electrons. The predicted molar refractivity (Wildman–Crippen MR) is 74.7 cm³/mol. The lowest BCUT2D eigenvalue weighted by Crippen LogP contribution is -2.22. The van der Waals surface area contributed by atoms with E-state index in [9.17, 15) is 22.4 Å². The van der Waals surface area contributed by atoms with Crippen LogP contribution in [0.5, 0.6) is 0 Å². The Kier molecular flexibility index (Phi) is 3.46. The van der Waals surface area contributed by atoms with E-state index in [2.05, 4.69) is 10.2 Å². The molecule has 0 bridgehead atoms. The summed E-state index contributed by atoms with van der Waals surface area (Å²) in [7, 11) is 0. The highest BCUT2D eigenvalue weighted by molar-refractivity contribution is 6.10. The molecule has 0 fully saturated rings. The number of hydrogen-bond donors (Lipinski definition) is 1. The van der Waals surface area contributed by atoms with Crippen LogP contribution in [-0.2, 0) is 0 Å². The summed E-state index contributed by atoms with van der Waals surface area (Å²) in [5, 5.41) is 6.07. The smallest absolute Gasteiger partial charge is 0.339 e. The average Bonchev–Trinajstić information content (AvgIpc) is 3.13. The lowest BCUT2D eigenvalue weighted by molar-refractivity contribution is -0.0884. The molecule has 0 amide bonds. The Balaban J connectivity index is 2.25. The topological polar surface area (TPSA) is 50.7 Å². The predicted octanol–water partition coefficient (Wildman–Crippen LogP) is 3.86. The molecule has 0 aliphatic carbocycles. The molecule has 0 spiro atoms. The number of Topliss-reactive ketones (excluding diaryl/α,β-unsaturated/α-hetero) is 1. The van der Waals surface area contributed by atoms with E-state index in [0.29, 0.717) is 5.56 Å². The summed E-state index contributed by atoms with van der Waals surface area (Å²) < 4.78 is 53.8. The zero-order valence-corrected chi connectivity index (χ0v) is 11.9. The van der Waals surface area contributed by atoms with Gasteiger partial charge < -0.3 is 4.57 Å². The number of carbonyl (C=O) groups excluding carboxylic acids is 1. The minimum absolute atomic E-state index is 0.214. The fourth-order valence-electron chi connectivity index (χ4n) is 2.56. The molecule has 3 rings (SSSR count). The summed E-state index contributed by atoms with van der Waals surface area (Å²) in [5.74, 6) is -2.93. The molecule has 1 N–H and O–H groups in total. The van der Waals surface area contributed by atoms with E-state index in [4.69, 9.17) is 0 Å². The van der Waals surface area contributed by atoms with Crippen molar-refractivity contribution in [2.75, 3.05) is 0 Å². The number of hydrogen-bond acceptors (Lipinski definition) is 2. The molecule has 23 heavy (non-hydrogen) atoms. The molecule has 4 nitrogen and oxygen atoms in total. The first-order valence-electron chi connectivity index (χ1n) is 6.70. The molecule has 1 aromatic carbocycles. The fourth-order valence-corrected chi connectivity index (χ4v) is 2.56. The van der Waals surface area contributed by atoms with Gasteiger partial charge in [0.15, 0.2) is 0 Å². The van der Waals surface area contributed by atoms with Gasteiger partial charge in [0.25, 0.3) is 5.78 Å². The molecule has 8 heteroatoms. The van der Waals surface area contributed by atoms with Crippen LogP contribution in [0.15, 0.2) is 36.8 Å². The van der Waals surface area contributed by atoms with Crippen LogP contribution in [-0.4, -0.2) is 26.7 Å². The highest BCUT2D eigenvalue weighted by Crippen LogP contribution is 2.33. The number of halogens is 4. The van der Waals surface area contributed by atoms with Crippen LogP contribution in [0, 0.1) is 5.82 Å². The van der Waals surface area contributed by atoms with Gasteiger partial charge in [0, 0.05) is 23.3 Å². The van der Waals surface area contributed by atoms with E-state index >= 15 is 0 Å². The van der Waals surface area contributed by atoms with Gasteiger partial charge in [-0.3, -0.25) is 9.89 Å². The van der Waals surface area contributed by atoms with E-state index in [1.54, 1.807) is 13.1 Å². The second-order valence-electron chi connectivity index (χ2n) is 5.12. The third-order valence-corrected chi connectivity index (χ3v) is 3.73. The molecule has 1 unspecified atom stereocenters. The first-order chi connectivity index (χ1) is 10.8. The van der Waals surface area contributed by atoms with E-state index in [-0.39, 0.29) is 10.9 Å². The lowest BCUT2D eigenvalue weighted by Gasteiger charge is -2.13. The van der Waals surface area contributed by atoms with Gasteiger partial charge in [-0.25, -0.2) is 4.39 Å². The van der Waals surface area contributed by atoms with Gasteiger partial charge in [-0.15, -0.1) is 0 Å². The van der Waals surface area contributed by atoms with Crippen LogP contribution in [0.2, 0.25) is 0 Å². The lowest BCUT2D eigenvalue weighted by atomic mass is 10.1. The number of H-pyrrole nitrogens is 1. The summed E-state index contributed by atoms with van der Waals surface area (Å²) in [5.41, 5.74) is 0.212. The van der Waals surface area contributed by atoms with Gasteiger partial charge >= 0.3 is 6.18 Å². The Labute approximate surface area is 127 Å². The van der Waals surface area contributed by atoms with Crippen LogP contribution in [0.4, 0.5) is 17.6 Å². The molecular weight excluding hydrogens is 314 g/mol. The number of aromatic amines is 1. The summed E-state index contributed by atoms with van der Waals surface area (Å²) in [4.78, 5) is 11.6. The molecule has 3 aromatic rings. The van der Waals surface area contributed by atoms with Crippen molar-refractivity contribution in [3.05, 3.63) is 53.7 Å². The van der Waals surface area contributed by atoms with Crippen molar-refractivity contribution in [3.8, 4) is 0 Å². The summed E-state index contributed by atoms with van der Waals surface area (Å²) in [6.07, 6.45) is -0.927. The molecular formula is C15H11F4N3O. The van der Waals surface area contributed by atoms with Crippen LogP contribution < -0.4 is 0 Å². The zero-order valence-electron chi connectivity index (χ0n) is 11.9. The molecule has 0 saturated carbocycles. The van der Waals surface area contributed by atoms with Gasteiger partial charge in [0.05, 0.1) is 23.3 Å². The first-order valence-corrected chi connectivity index (χ1v) is 6.70. The minimum Gasteiger partial charge on any atom is -0.339 e. The maximum Gasteiger partial charge on any atom is 0.454 e. The van der Waals surface area contributed by atoms with Gasteiger partial charge in [-0.05, 0) is 19.1 Å². The van der Waals surface area contributed by atoms with E-state index in [1.165, 1.54) is 22.9 Å². The minimum atomic E-state index is -5.07. The molecule has 1 atom stereocenters. The number of nitrogens with zero attached hydrogens (tertiary/aromatic N) is 2. The van der Waals surface area contributed by atoms with Crippen molar-refractivity contribution >= 4 is 16.7 Å².